The standard InChI is InChI=1S/C81H56N6O/c88-75(81-86-79(73-51-67(59-33-17-5-18-34-59)45-68(52-73)60-35-19-6-20-36-60)85-80(87-81)74-53-69(61-37-21-7-22-38-61)46-70(54-74)62-39-23-8-24-40-62)41-42-76-82-77(71-47-63(55-25-9-1-10-26-55)43-64(48-71)56-27-11-2-12-28-56)84-78(83-76)72-49-65(57-29-13-3-14-30-57)44-66(50-72)58-31-15-4-16-32-58/h1-40,43-54H,41-42H2. The topological polar surface area (TPSA) is 94.4 Å². The molecule has 7 heteroatoms. The molecular formula is C81H56N6O. The van der Waals surface area contributed by atoms with E-state index in [2.05, 4.69) is 218 Å². The summed E-state index contributed by atoms with van der Waals surface area (Å²) in [4.78, 5) is 46.9. The van der Waals surface area contributed by atoms with Crippen LogP contribution in [0, 0.1) is 0 Å². The summed E-state index contributed by atoms with van der Waals surface area (Å²) in [6.45, 7) is 0. The molecule has 0 saturated carbocycles. The fourth-order valence-corrected chi connectivity index (χ4v) is 11.3. The van der Waals surface area contributed by atoms with Crippen molar-refractivity contribution in [2.75, 3.05) is 0 Å². The summed E-state index contributed by atoms with van der Waals surface area (Å²) < 4.78 is 0. The van der Waals surface area contributed by atoms with Gasteiger partial charge in [0, 0.05) is 35.1 Å². The highest BCUT2D eigenvalue weighted by molar-refractivity contribution is 5.94. The predicted octanol–water partition coefficient (Wildman–Crippen LogP) is 19.9. The van der Waals surface area contributed by atoms with Crippen LogP contribution in [0.1, 0.15) is 22.9 Å². The number of nitrogens with zero attached hydrogens (tertiary/aromatic N) is 6. The molecule has 0 radical (unpaired) electrons. The van der Waals surface area contributed by atoms with E-state index in [0.717, 1.165) is 111 Å². The Bertz CT molecular complexity index is 4240. The van der Waals surface area contributed by atoms with Gasteiger partial charge in [-0.05, 0) is 162 Å². The van der Waals surface area contributed by atoms with Crippen molar-refractivity contribution < 1.29 is 4.79 Å². The maximum Gasteiger partial charge on any atom is 0.200 e. The van der Waals surface area contributed by atoms with Crippen molar-refractivity contribution in [2.45, 2.75) is 12.8 Å². The molecule has 0 atom stereocenters. The molecule has 88 heavy (non-hydrogen) atoms. The quantitative estimate of drug-likeness (QED) is 0.0890. The van der Waals surface area contributed by atoms with Crippen LogP contribution in [-0.2, 0) is 6.42 Å². The number of benzene rings is 12. The fraction of sp³-hybridized carbons (Fsp3) is 0.0247. The highest BCUT2D eigenvalue weighted by Crippen LogP contribution is 2.38. The highest BCUT2D eigenvalue weighted by atomic mass is 16.1. The molecule has 2 heterocycles. The summed E-state index contributed by atoms with van der Waals surface area (Å²) in [5.41, 5.74) is 19.5. The van der Waals surface area contributed by atoms with E-state index in [1.54, 1.807) is 0 Å². The van der Waals surface area contributed by atoms with Crippen LogP contribution in [0.3, 0.4) is 0 Å². The lowest BCUT2D eigenvalue weighted by molar-refractivity contribution is 0.0972. The smallest absolute Gasteiger partial charge is 0.200 e. The lowest BCUT2D eigenvalue weighted by Gasteiger charge is -2.14. The maximum atomic E-state index is 15.4. The highest BCUT2D eigenvalue weighted by Gasteiger charge is 2.22. The van der Waals surface area contributed by atoms with E-state index < -0.39 is 0 Å². The first-order valence-electron chi connectivity index (χ1n) is 29.6. The van der Waals surface area contributed by atoms with Gasteiger partial charge < -0.3 is 0 Å². The number of hydrogen-bond donors (Lipinski definition) is 0. The number of aryl methyl sites for hydroxylation is 1. The van der Waals surface area contributed by atoms with Crippen molar-refractivity contribution in [3.8, 4) is 135 Å². The van der Waals surface area contributed by atoms with Crippen LogP contribution in [0.15, 0.2) is 315 Å². The lowest BCUT2D eigenvalue weighted by Crippen LogP contribution is -2.12. The van der Waals surface area contributed by atoms with Crippen LogP contribution in [0.2, 0.25) is 0 Å². The molecule has 416 valence electrons. The molecule has 14 rings (SSSR count). The van der Waals surface area contributed by atoms with Crippen molar-refractivity contribution in [1.29, 1.82) is 0 Å². The molecule has 0 bridgehead atoms. The van der Waals surface area contributed by atoms with Gasteiger partial charge in [0.15, 0.2) is 29.1 Å². The Balaban J connectivity index is 0.924. The fourth-order valence-electron chi connectivity index (χ4n) is 11.3. The average Bonchev–Trinajstić information content (AvgIpc) is 3.80. The number of aromatic nitrogens is 6. The minimum Gasteiger partial charge on any atom is -0.291 e. The van der Waals surface area contributed by atoms with Gasteiger partial charge in [0.1, 0.15) is 5.82 Å². The van der Waals surface area contributed by atoms with Crippen LogP contribution in [0.25, 0.3) is 135 Å². The summed E-state index contributed by atoms with van der Waals surface area (Å²) in [5.74, 6) is 1.93. The molecule has 0 spiro atoms. The Kier molecular flexibility index (Phi) is 15.3. The molecular weight excluding hydrogens is 1070 g/mol. The second-order valence-corrected chi connectivity index (χ2v) is 21.8. The average molecular weight is 1130 g/mol. The number of carbonyl (C=O) groups is 1. The van der Waals surface area contributed by atoms with Crippen molar-refractivity contribution in [3.63, 3.8) is 0 Å². The van der Waals surface area contributed by atoms with Gasteiger partial charge in [0.05, 0.1) is 0 Å². The summed E-state index contributed by atoms with van der Waals surface area (Å²) >= 11 is 0. The Morgan fingerprint density at radius 3 is 0.591 bits per heavy atom. The molecule has 12 aromatic carbocycles. The third-order valence-corrected chi connectivity index (χ3v) is 15.8. The van der Waals surface area contributed by atoms with Gasteiger partial charge >= 0.3 is 0 Å². The first-order valence-corrected chi connectivity index (χ1v) is 29.6. The predicted molar refractivity (Wildman–Crippen MR) is 358 cm³/mol. The SMILES string of the molecule is O=C(CCc1nc(-c2cc(-c3ccccc3)cc(-c3ccccc3)c2)nc(-c2cc(-c3ccccc3)cc(-c3ccccc3)c2)n1)c1nc(-c2cc(-c3ccccc3)cc(-c3ccccc3)c2)nc(-c2cc(-c3ccccc3)cc(-c3ccccc3)c2)n1. The number of ketones is 1. The van der Waals surface area contributed by atoms with Crippen molar-refractivity contribution in [1.82, 2.24) is 29.9 Å². The summed E-state index contributed by atoms with van der Waals surface area (Å²) in [6, 6.07) is 108. The molecule has 0 saturated heterocycles. The summed E-state index contributed by atoms with van der Waals surface area (Å²) in [5, 5.41) is 0. The van der Waals surface area contributed by atoms with E-state index in [4.69, 9.17) is 29.9 Å². The van der Waals surface area contributed by atoms with Gasteiger partial charge in [-0.15, -0.1) is 0 Å². The molecule has 2 aromatic heterocycles. The minimum absolute atomic E-state index is 0.0108. The molecule has 0 aliphatic rings. The van der Waals surface area contributed by atoms with Gasteiger partial charge in [-0.1, -0.05) is 243 Å². The second kappa shape index (κ2) is 24.9. The van der Waals surface area contributed by atoms with Crippen molar-refractivity contribution in [3.05, 3.63) is 327 Å². The van der Waals surface area contributed by atoms with E-state index >= 15 is 4.79 Å². The van der Waals surface area contributed by atoms with Crippen molar-refractivity contribution in [2.24, 2.45) is 0 Å². The van der Waals surface area contributed by atoms with Gasteiger partial charge in [-0.3, -0.25) is 4.79 Å². The van der Waals surface area contributed by atoms with Gasteiger partial charge in [-0.2, -0.15) is 0 Å². The normalized spacial score (nSPS) is 11.1. The van der Waals surface area contributed by atoms with Crippen LogP contribution in [0.4, 0.5) is 0 Å². The molecule has 0 fully saturated rings. The second-order valence-electron chi connectivity index (χ2n) is 21.8. The Morgan fingerprint density at radius 1 is 0.205 bits per heavy atom. The van der Waals surface area contributed by atoms with Gasteiger partial charge in [0.25, 0.3) is 0 Å². The van der Waals surface area contributed by atoms with E-state index in [0.29, 0.717) is 29.1 Å². The molecule has 0 amide bonds. The molecule has 7 nitrogen and oxygen atoms in total. The van der Waals surface area contributed by atoms with Gasteiger partial charge in [0.2, 0.25) is 5.78 Å². The maximum absolute atomic E-state index is 15.4. The van der Waals surface area contributed by atoms with Crippen LogP contribution < -0.4 is 0 Å². The molecule has 14 aromatic rings. The summed E-state index contributed by atoms with van der Waals surface area (Å²) in [6.07, 6.45) is 0.151. The van der Waals surface area contributed by atoms with Crippen LogP contribution in [0.5, 0.6) is 0 Å². The molecule has 0 unspecified atom stereocenters. The zero-order valence-corrected chi connectivity index (χ0v) is 48.0. The third kappa shape index (κ3) is 12.2. The molecule has 0 N–H and O–H groups in total. The van der Waals surface area contributed by atoms with Crippen LogP contribution in [-0.4, -0.2) is 35.7 Å². The first kappa shape index (κ1) is 54.3. The number of rotatable bonds is 16. The largest absolute Gasteiger partial charge is 0.291 e. The number of hydrogen-bond acceptors (Lipinski definition) is 7. The first-order chi connectivity index (χ1) is 43.5. The lowest BCUT2D eigenvalue weighted by atomic mass is 9.95. The molecule has 0 aliphatic carbocycles. The zero-order chi connectivity index (χ0) is 59.0. The minimum atomic E-state index is -0.284. The third-order valence-electron chi connectivity index (χ3n) is 15.8. The van der Waals surface area contributed by atoms with Gasteiger partial charge in [-0.25, -0.2) is 29.9 Å². The van der Waals surface area contributed by atoms with Crippen LogP contribution >= 0.6 is 0 Å². The van der Waals surface area contributed by atoms with E-state index in [1.807, 2.05) is 97.1 Å². The Labute approximate surface area is 512 Å². The Morgan fingerprint density at radius 2 is 0.386 bits per heavy atom. The monoisotopic (exact) mass is 1130 g/mol. The number of Topliss-reactive ketones (excluding diaryl/α,β-unsaturated/α-hetero) is 1. The molecule has 0 aliphatic heterocycles. The van der Waals surface area contributed by atoms with E-state index in [-0.39, 0.29) is 24.4 Å². The van der Waals surface area contributed by atoms with E-state index in [9.17, 15) is 0 Å². The summed E-state index contributed by atoms with van der Waals surface area (Å²) in [7, 11) is 0. The van der Waals surface area contributed by atoms with Crippen molar-refractivity contribution >= 4 is 5.78 Å². The Hall–Kier alpha value is -11.7. The zero-order valence-electron chi connectivity index (χ0n) is 48.0. The number of carbonyl (C=O) groups excluding carboxylic acids is 1. The van der Waals surface area contributed by atoms with E-state index in [1.165, 1.54) is 0 Å².